The van der Waals surface area contributed by atoms with Crippen LogP contribution in [-0.2, 0) is 30.1 Å². The van der Waals surface area contributed by atoms with E-state index < -0.39 is 28.4 Å². The number of rotatable bonds is 4. The van der Waals surface area contributed by atoms with Crippen LogP contribution in [0, 0.1) is 0 Å². The molecule has 10 heteroatoms. The third kappa shape index (κ3) is 4.58. The van der Waals surface area contributed by atoms with Crippen LogP contribution in [0.15, 0.2) is 59.9 Å². The molecule has 0 saturated heterocycles. The monoisotopic (exact) mass is 446 g/mol. The van der Waals surface area contributed by atoms with E-state index in [0.29, 0.717) is 18.7 Å². The zero-order valence-electron chi connectivity index (χ0n) is 16.3. The van der Waals surface area contributed by atoms with Gasteiger partial charge in [-0.3, -0.25) is 9.00 Å². The Morgan fingerprint density at radius 3 is 2.65 bits per heavy atom. The second-order valence-corrected chi connectivity index (χ2v) is 8.29. The fourth-order valence-corrected chi connectivity index (χ4v) is 3.72. The highest BCUT2D eigenvalue weighted by Gasteiger charge is 2.30. The molecule has 0 fully saturated rings. The van der Waals surface area contributed by atoms with Crippen LogP contribution < -0.4 is 10.2 Å². The second-order valence-electron chi connectivity index (χ2n) is 7.02. The van der Waals surface area contributed by atoms with Crippen molar-refractivity contribution in [2.24, 2.45) is 0 Å². The van der Waals surface area contributed by atoms with Gasteiger partial charge < -0.3 is 10.2 Å². The molecule has 1 atom stereocenters. The summed E-state index contributed by atoms with van der Waals surface area (Å²) in [6, 6.07) is 11.3. The summed E-state index contributed by atoms with van der Waals surface area (Å²) in [7, 11) is -1.28. The second kappa shape index (κ2) is 8.10. The van der Waals surface area contributed by atoms with Crippen molar-refractivity contribution >= 4 is 28.1 Å². The first-order chi connectivity index (χ1) is 14.7. The molecule has 31 heavy (non-hydrogen) atoms. The average molecular weight is 446 g/mol. The van der Waals surface area contributed by atoms with E-state index in [4.69, 9.17) is 0 Å². The van der Waals surface area contributed by atoms with Crippen molar-refractivity contribution in [2.75, 3.05) is 16.5 Å². The van der Waals surface area contributed by atoms with Crippen LogP contribution in [0.1, 0.15) is 27.2 Å². The molecule has 1 N–H and O–H groups in total. The molecule has 1 amide bonds. The maximum Gasteiger partial charge on any atom is 0.416 e. The van der Waals surface area contributed by atoms with E-state index >= 15 is 0 Å². The topological polar surface area (TPSA) is 75.2 Å². The number of anilines is 2. The number of amides is 1. The van der Waals surface area contributed by atoms with Crippen LogP contribution in [-0.4, -0.2) is 26.3 Å². The van der Waals surface area contributed by atoms with Gasteiger partial charge in [0.05, 0.1) is 28.6 Å². The highest BCUT2D eigenvalue weighted by molar-refractivity contribution is 7.84. The molecule has 1 aromatic heterocycles. The Labute approximate surface area is 178 Å². The van der Waals surface area contributed by atoms with Gasteiger partial charge in [0.1, 0.15) is 0 Å². The molecule has 1 aliphatic heterocycles. The summed E-state index contributed by atoms with van der Waals surface area (Å²) in [5.74, 6) is -0.513. The maximum atomic E-state index is 12.9. The Kier molecular flexibility index (Phi) is 5.48. The number of carbonyl (C=O) groups is 1. The van der Waals surface area contributed by atoms with Crippen molar-refractivity contribution in [2.45, 2.75) is 24.4 Å². The molecular formula is C21H17F3N4O2S. The lowest BCUT2D eigenvalue weighted by atomic mass is 10.1. The third-order valence-electron chi connectivity index (χ3n) is 4.81. The first kappa shape index (κ1) is 21.0. The molecule has 160 valence electrons. The molecule has 6 nitrogen and oxygen atoms in total. The summed E-state index contributed by atoms with van der Waals surface area (Å²) >= 11 is 0. The van der Waals surface area contributed by atoms with Gasteiger partial charge in [-0.1, -0.05) is 12.1 Å². The Balaban J connectivity index is 1.51. The number of fused-ring (bicyclic) bond motifs is 1. The summed E-state index contributed by atoms with van der Waals surface area (Å²) in [6.07, 6.45) is -1.32. The van der Waals surface area contributed by atoms with E-state index in [2.05, 4.69) is 15.3 Å². The predicted molar refractivity (Wildman–Crippen MR) is 110 cm³/mol. The van der Waals surface area contributed by atoms with Gasteiger partial charge in [-0.05, 0) is 36.4 Å². The number of hydrogen-bond acceptors (Lipinski definition) is 5. The van der Waals surface area contributed by atoms with E-state index in [-0.39, 0.29) is 10.8 Å². The number of hydrogen-bond donors (Lipinski definition) is 1. The van der Waals surface area contributed by atoms with Gasteiger partial charge in [-0.2, -0.15) is 13.2 Å². The third-order valence-corrected chi connectivity index (χ3v) is 5.52. The van der Waals surface area contributed by atoms with Crippen LogP contribution in [0.2, 0.25) is 0 Å². The quantitative estimate of drug-likeness (QED) is 0.613. The molecular weight excluding hydrogens is 429 g/mol. The summed E-state index contributed by atoms with van der Waals surface area (Å²) < 4.78 is 50.3. The summed E-state index contributed by atoms with van der Waals surface area (Å²) in [4.78, 5) is 23.1. The molecule has 0 saturated carbocycles. The predicted octanol–water partition coefficient (Wildman–Crippen LogP) is 4.01. The van der Waals surface area contributed by atoms with Crippen molar-refractivity contribution in [1.82, 2.24) is 9.97 Å². The number of alkyl halides is 3. The van der Waals surface area contributed by atoms with Crippen LogP contribution in [0.4, 0.5) is 24.5 Å². The largest absolute Gasteiger partial charge is 0.416 e. The highest BCUT2D eigenvalue weighted by Crippen LogP contribution is 2.31. The van der Waals surface area contributed by atoms with Crippen LogP contribution in [0.5, 0.6) is 0 Å². The number of nitrogens with one attached hydrogen (secondary N) is 1. The molecule has 3 aromatic rings. The lowest BCUT2D eigenvalue weighted by Gasteiger charge is -2.18. The Bertz CT molecular complexity index is 1180. The van der Waals surface area contributed by atoms with E-state index in [1.165, 1.54) is 18.4 Å². The van der Waals surface area contributed by atoms with Crippen LogP contribution in [0.3, 0.4) is 0 Å². The first-order valence-electron chi connectivity index (χ1n) is 9.22. The van der Waals surface area contributed by atoms with Crippen molar-refractivity contribution in [3.05, 3.63) is 77.1 Å². The lowest BCUT2D eigenvalue weighted by Crippen LogP contribution is -2.17. The Morgan fingerprint density at radius 1 is 1.13 bits per heavy atom. The summed E-state index contributed by atoms with van der Waals surface area (Å²) in [5, 5.41) is 2.78. The van der Waals surface area contributed by atoms with Gasteiger partial charge in [0.25, 0.3) is 5.91 Å². The Hall–Kier alpha value is -3.27. The van der Waals surface area contributed by atoms with E-state index in [9.17, 15) is 22.2 Å². The molecule has 0 bridgehead atoms. The van der Waals surface area contributed by atoms with Crippen molar-refractivity contribution < 1.29 is 22.2 Å². The molecule has 4 rings (SSSR count). The molecule has 2 aromatic carbocycles. The van der Waals surface area contributed by atoms with Gasteiger partial charge in [0.15, 0.2) is 0 Å². The number of benzene rings is 2. The number of carbonyl (C=O) groups excluding carboxylic acids is 1. The number of aromatic nitrogens is 2. The minimum Gasteiger partial charge on any atom is -0.361 e. The molecule has 0 spiro atoms. The normalized spacial score (nSPS) is 14.3. The zero-order valence-corrected chi connectivity index (χ0v) is 17.1. The maximum absolute atomic E-state index is 12.9. The molecule has 1 unspecified atom stereocenters. The van der Waals surface area contributed by atoms with Gasteiger partial charge in [0, 0.05) is 41.5 Å². The highest BCUT2D eigenvalue weighted by atomic mass is 32.2. The average Bonchev–Trinajstić information content (AvgIpc) is 3.17. The standard InChI is InChI=1S/C21H17F3N4O2S/c1-31(30)20-25-10-14-11-28(12-18(14)27-20)17-7-2-4-13(8-17)19(29)26-16-6-3-5-15(9-16)21(22,23)24/h2-10H,11-12H2,1H3,(H,26,29). The van der Waals surface area contributed by atoms with E-state index in [1.54, 1.807) is 24.4 Å². The lowest BCUT2D eigenvalue weighted by molar-refractivity contribution is -0.137. The molecule has 0 aliphatic carbocycles. The summed E-state index contributed by atoms with van der Waals surface area (Å²) in [6.45, 7) is 1.01. The Morgan fingerprint density at radius 2 is 1.90 bits per heavy atom. The van der Waals surface area contributed by atoms with E-state index in [1.807, 2.05) is 11.0 Å². The molecule has 1 aliphatic rings. The van der Waals surface area contributed by atoms with Gasteiger partial charge in [-0.15, -0.1) is 0 Å². The molecule has 0 radical (unpaired) electrons. The van der Waals surface area contributed by atoms with Gasteiger partial charge in [0.2, 0.25) is 5.16 Å². The molecule has 2 heterocycles. The van der Waals surface area contributed by atoms with E-state index in [0.717, 1.165) is 29.1 Å². The van der Waals surface area contributed by atoms with Crippen molar-refractivity contribution in [1.29, 1.82) is 0 Å². The fourth-order valence-electron chi connectivity index (χ4n) is 3.28. The zero-order chi connectivity index (χ0) is 22.2. The van der Waals surface area contributed by atoms with Gasteiger partial charge in [-0.25, -0.2) is 9.97 Å². The smallest absolute Gasteiger partial charge is 0.361 e. The first-order valence-corrected chi connectivity index (χ1v) is 10.8. The van der Waals surface area contributed by atoms with Crippen LogP contribution in [0.25, 0.3) is 0 Å². The minimum absolute atomic E-state index is 0.0641. The van der Waals surface area contributed by atoms with Crippen molar-refractivity contribution in [3.63, 3.8) is 0 Å². The number of nitrogens with zero attached hydrogens (tertiary/aromatic N) is 3. The van der Waals surface area contributed by atoms with Gasteiger partial charge >= 0.3 is 6.18 Å². The summed E-state index contributed by atoms with van der Waals surface area (Å²) in [5.41, 5.74) is 1.99. The SMILES string of the molecule is CS(=O)c1ncc2c(n1)CN(c1cccc(C(=O)Nc3cccc(C(F)(F)F)c3)c1)C2. The minimum atomic E-state index is -4.49. The number of halogens is 3. The van der Waals surface area contributed by atoms with Crippen LogP contribution >= 0.6 is 0 Å². The van der Waals surface area contributed by atoms with Crippen molar-refractivity contribution in [3.8, 4) is 0 Å². The fraction of sp³-hybridized carbons (Fsp3) is 0.190.